The molecule has 0 saturated heterocycles. The van der Waals surface area contributed by atoms with Crippen LogP contribution < -0.4 is 0 Å². The molecule has 0 aliphatic rings. The fourth-order valence-electron chi connectivity index (χ4n) is 2.51. The van der Waals surface area contributed by atoms with E-state index in [9.17, 15) is 8.42 Å². The molecule has 2 aromatic carbocycles. The fourth-order valence-corrected chi connectivity index (χ4v) is 5.13. The smallest absolute Gasteiger partial charge is 0.202 e. The zero-order chi connectivity index (χ0) is 18.5. The van der Waals surface area contributed by atoms with E-state index in [2.05, 4.69) is 19.6 Å². The first-order valence-electron chi connectivity index (χ1n) is 8.42. The van der Waals surface area contributed by atoms with Gasteiger partial charge in [-0.15, -0.1) is 0 Å². The second-order valence-electron chi connectivity index (χ2n) is 7.39. The van der Waals surface area contributed by atoms with Gasteiger partial charge in [-0.2, -0.15) is 0 Å². The molecule has 0 saturated carbocycles. The monoisotopic (exact) mass is 392 g/mol. The quantitative estimate of drug-likeness (QED) is 0.544. The van der Waals surface area contributed by atoms with Crippen LogP contribution in [0.3, 0.4) is 0 Å². The van der Waals surface area contributed by atoms with Crippen LogP contribution in [0.1, 0.15) is 12.0 Å². The van der Waals surface area contributed by atoms with Gasteiger partial charge in [0.25, 0.3) is 0 Å². The maximum atomic E-state index is 13.1. The van der Waals surface area contributed by atoms with Crippen molar-refractivity contribution < 1.29 is 8.42 Å². The highest BCUT2D eigenvalue weighted by Gasteiger charge is 2.21. The first-order valence-corrected chi connectivity index (χ1v) is 14.0. The summed E-state index contributed by atoms with van der Waals surface area (Å²) in [6.45, 7) is 6.89. The molecule has 0 spiro atoms. The van der Waals surface area contributed by atoms with E-state index in [0.717, 1.165) is 18.0 Å². The molecule has 2 nitrogen and oxygen atoms in total. The Balaban J connectivity index is 2.35. The Bertz CT molecular complexity index is 820. The first-order chi connectivity index (χ1) is 11.7. The minimum absolute atomic E-state index is 0.298. The molecule has 0 amide bonds. The normalized spacial score (nSPS) is 13.0. The summed E-state index contributed by atoms with van der Waals surface area (Å²) in [6.07, 6.45) is 3.12. The molecule has 0 radical (unpaired) electrons. The van der Waals surface area contributed by atoms with Crippen molar-refractivity contribution in [2.24, 2.45) is 0 Å². The van der Waals surface area contributed by atoms with Gasteiger partial charge in [-0.25, -0.2) is 8.42 Å². The van der Waals surface area contributed by atoms with E-state index in [-0.39, 0.29) is 0 Å². The van der Waals surface area contributed by atoms with Gasteiger partial charge in [0.2, 0.25) is 9.84 Å². The molecule has 0 aromatic heterocycles. The van der Waals surface area contributed by atoms with Crippen LogP contribution in [0.25, 0.3) is 0 Å². The van der Waals surface area contributed by atoms with Crippen LogP contribution in [0.5, 0.6) is 0 Å². The van der Waals surface area contributed by atoms with Gasteiger partial charge in [0, 0.05) is 24.4 Å². The average molecular weight is 393 g/mol. The minimum Gasteiger partial charge on any atom is -0.219 e. The van der Waals surface area contributed by atoms with E-state index in [1.54, 1.807) is 24.3 Å². The van der Waals surface area contributed by atoms with Crippen molar-refractivity contribution in [1.82, 2.24) is 0 Å². The van der Waals surface area contributed by atoms with Crippen molar-refractivity contribution in [3.8, 4) is 0 Å². The standard InChI is InChI=1S/C20H25ClO2SSi/c1-25(2,3)15-7-10-20(16-17-8-5-4-6-9-17)24(22,23)19-13-11-18(21)12-14-19/h4-6,8-14H,7,15-16H2,1-3H3/b20-10+. The molecule has 2 aromatic rings. The highest BCUT2D eigenvalue weighted by Crippen LogP contribution is 2.25. The molecule has 5 heteroatoms. The third-order valence-corrected chi connectivity index (χ3v) is 7.89. The lowest BCUT2D eigenvalue weighted by molar-refractivity contribution is 0.600. The lowest BCUT2D eigenvalue weighted by Crippen LogP contribution is -2.18. The minimum atomic E-state index is -3.52. The fraction of sp³-hybridized carbons (Fsp3) is 0.300. The predicted octanol–water partition coefficient (Wildman–Crippen LogP) is 5.97. The Morgan fingerprint density at radius 2 is 1.60 bits per heavy atom. The molecule has 0 atom stereocenters. The van der Waals surface area contributed by atoms with Gasteiger partial charge in [0.15, 0.2) is 0 Å². The molecule has 2 rings (SSSR count). The number of halogens is 1. The van der Waals surface area contributed by atoms with E-state index in [1.807, 2.05) is 36.4 Å². The summed E-state index contributed by atoms with van der Waals surface area (Å²) in [4.78, 5) is 0.770. The number of rotatable bonds is 7. The van der Waals surface area contributed by atoms with Gasteiger partial charge in [-0.05, 0) is 36.2 Å². The summed E-state index contributed by atoms with van der Waals surface area (Å²) in [6, 6.07) is 17.2. The Morgan fingerprint density at radius 1 is 1.00 bits per heavy atom. The van der Waals surface area contributed by atoms with Crippen molar-refractivity contribution in [2.45, 2.75) is 43.4 Å². The van der Waals surface area contributed by atoms with Crippen LogP contribution in [0.2, 0.25) is 30.7 Å². The maximum Gasteiger partial charge on any atom is 0.202 e. The Kier molecular flexibility index (Phi) is 6.66. The molecule has 25 heavy (non-hydrogen) atoms. The van der Waals surface area contributed by atoms with Crippen LogP contribution in [0, 0.1) is 0 Å². The topological polar surface area (TPSA) is 34.1 Å². The van der Waals surface area contributed by atoms with Crippen molar-refractivity contribution >= 4 is 29.5 Å². The Hall–Kier alpha value is -1.36. The number of hydrogen-bond donors (Lipinski definition) is 0. The molecule has 134 valence electrons. The summed E-state index contributed by atoms with van der Waals surface area (Å²) in [7, 11) is -4.73. The maximum absolute atomic E-state index is 13.1. The third-order valence-electron chi connectivity index (χ3n) is 3.96. The zero-order valence-corrected chi connectivity index (χ0v) is 17.6. The summed E-state index contributed by atoms with van der Waals surface area (Å²) in [5.74, 6) is 0. The van der Waals surface area contributed by atoms with E-state index in [4.69, 9.17) is 11.6 Å². The van der Waals surface area contributed by atoms with Crippen LogP contribution in [0.4, 0.5) is 0 Å². The Morgan fingerprint density at radius 3 is 2.16 bits per heavy atom. The van der Waals surface area contributed by atoms with E-state index in [0.29, 0.717) is 21.2 Å². The van der Waals surface area contributed by atoms with Gasteiger partial charge in [0.05, 0.1) is 4.90 Å². The van der Waals surface area contributed by atoms with Gasteiger partial charge in [-0.3, -0.25) is 0 Å². The van der Waals surface area contributed by atoms with Crippen molar-refractivity contribution in [3.63, 3.8) is 0 Å². The van der Waals surface area contributed by atoms with Gasteiger partial charge < -0.3 is 0 Å². The molecular formula is C20H25ClO2SSi. The molecule has 0 bridgehead atoms. The predicted molar refractivity (Wildman–Crippen MR) is 110 cm³/mol. The number of sulfone groups is 1. The summed E-state index contributed by atoms with van der Waals surface area (Å²) >= 11 is 5.90. The molecule has 0 N–H and O–H groups in total. The molecule has 0 aliphatic carbocycles. The van der Waals surface area contributed by atoms with E-state index >= 15 is 0 Å². The SMILES string of the molecule is C[Si](C)(C)CC/C=C(\Cc1ccccc1)S(=O)(=O)c1ccc(Cl)cc1. The first kappa shape index (κ1) is 20.0. The molecule has 0 fully saturated rings. The lowest BCUT2D eigenvalue weighted by atomic mass is 10.1. The van der Waals surface area contributed by atoms with E-state index < -0.39 is 17.9 Å². The second kappa shape index (κ2) is 8.34. The lowest BCUT2D eigenvalue weighted by Gasteiger charge is -2.15. The number of hydrogen-bond acceptors (Lipinski definition) is 2. The van der Waals surface area contributed by atoms with Crippen LogP contribution in [0.15, 0.2) is 70.5 Å². The Labute approximate surface area is 157 Å². The van der Waals surface area contributed by atoms with Crippen molar-refractivity contribution in [3.05, 3.63) is 76.2 Å². The van der Waals surface area contributed by atoms with Gasteiger partial charge in [-0.1, -0.05) is 73.7 Å². The molecular weight excluding hydrogens is 368 g/mol. The van der Waals surface area contributed by atoms with Gasteiger partial charge >= 0.3 is 0 Å². The van der Waals surface area contributed by atoms with Gasteiger partial charge in [0.1, 0.15) is 0 Å². The highest BCUT2D eigenvalue weighted by molar-refractivity contribution is 7.95. The zero-order valence-electron chi connectivity index (χ0n) is 15.0. The summed E-state index contributed by atoms with van der Waals surface area (Å²) in [5.41, 5.74) is 0.999. The molecule has 0 unspecified atom stereocenters. The average Bonchev–Trinajstić information content (AvgIpc) is 2.54. The molecule has 0 aliphatic heterocycles. The van der Waals surface area contributed by atoms with Crippen molar-refractivity contribution in [2.75, 3.05) is 0 Å². The largest absolute Gasteiger partial charge is 0.219 e. The van der Waals surface area contributed by atoms with Crippen LogP contribution in [-0.2, 0) is 16.3 Å². The summed E-state index contributed by atoms with van der Waals surface area (Å²) < 4.78 is 26.2. The second-order valence-corrected chi connectivity index (χ2v) is 15.4. The van der Waals surface area contributed by atoms with Crippen molar-refractivity contribution in [1.29, 1.82) is 0 Å². The third kappa shape index (κ3) is 6.14. The van der Waals surface area contributed by atoms with Crippen LogP contribution >= 0.6 is 11.6 Å². The number of benzene rings is 2. The van der Waals surface area contributed by atoms with E-state index in [1.165, 1.54) is 0 Å². The highest BCUT2D eigenvalue weighted by atomic mass is 35.5. The van der Waals surface area contributed by atoms with Crippen LogP contribution in [-0.4, -0.2) is 16.5 Å². The molecule has 0 heterocycles. The number of allylic oxidation sites excluding steroid dienone is 2. The summed E-state index contributed by atoms with van der Waals surface area (Å²) in [5, 5.41) is 0.534.